The zero-order valence-electron chi connectivity index (χ0n) is 12.4. The van der Waals surface area contributed by atoms with Gasteiger partial charge in [0.15, 0.2) is 0 Å². The van der Waals surface area contributed by atoms with Gasteiger partial charge in [0.2, 0.25) is 10.0 Å². The summed E-state index contributed by atoms with van der Waals surface area (Å²) in [6.45, 7) is 5.02. The summed E-state index contributed by atoms with van der Waals surface area (Å²) in [6, 6.07) is 7.67. The summed E-state index contributed by atoms with van der Waals surface area (Å²) in [5.41, 5.74) is 7.55. The molecule has 1 fully saturated rings. The molecule has 7 heteroatoms. The van der Waals surface area contributed by atoms with Gasteiger partial charge in [-0.1, -0.05) is 6.07 Å². The van der Waals surface area contributed by atoms with Crippen molar-refractivity contribution in [3.63, 3.8) is 0 Å². The maximum absolute atomic E-state index is 12.2. The highest BCUT2D eigenvalue weighted by Crippen LogP contribution is 2.20. The zero-order chi connectivity index (χ0) is 15.3. The molecular formula is C14H23N3O3S. The molecule has 118 valence electrons. The van der Waals surface area contributed by atoms with Crippen LogP contribution >= 0.6 is 0 Å². The summed E-state index contributed by atoms with van der Waals surface area (Å²) in [5.74, 6) is 0.0547. The summed E-state index contributed by atoms with van der Waals surface area (Å²) in [5, 5.41) is 0. The van der Waals surface area contributed by atoms with Crippen LogP contribution in [-0.4, -0.2) is 57.9 Å². The van der Waals surface area contributed by atoms with E-state index in [2.05, 4.69) is 4.90 Å². The minimum absolute atomic E-state index is 0.0547. The molecule has 1 aliphatic rings. The van der Waals surface area contributed by atoms with E-state index in [1.807, 2.05) is 31.2 Å². The fraction of sp³-hybridized carbons (Fsp3) is 0.571. The molecule has 2 rings (SSSR count). The predicted octanol–water partition coefficient (Wildman–Crippen LogP) is 0.757. The van der Waals surface area contributed by atoms with Crippen LogP contribution in [0.15, 0.2) is 24.3 Å². The van der Waals surface area contributed by atoms with Crippen LogP contribution in [0.2, 0.25) is 0 Å². The number of rotatable bonds is 6. The van der Waals surface area contributed by atoms with Gasteiger partial charge in [-0.15, -0.1) is 0 Å². The van der Waals surface area contributed by atoms with Gasteiger partial charge in [0.25, 0.3) is 0 Å². The molecule has 0 saturated carbocycles. The first-order valence-electron chi connectivity index (χ1n) is 7.19. The number of nitrogen functional groups attached to an aromatic ring is 1. The standard InChI is InChI=1S/C14H23N3O3S/c1-2-20-10-11-21(18,19)17-8-6-16(7-9-17)14-5-3-4-13(15)12-14/h3-5,12H,2,6-11,15H2,1H3. The summed E-state index contributed by atoms with van der Waals surface area (Å²) >= 11 is 0. The molecule has 0 amide bonds. The average Bonchev–Trinajstić information content (AvgIpc) is 2.47. The van der Waals surface area contributed by atoms with Crippen LogP contribution in [0, 0.1) is 0 Å². The first-order valence-corrected chi connectivity index (χ1v) is 8.80. The normalized spacial score (nSPS) is 17.1. The van der Waals surface area contributed by atoms with Crippen LogP contribution < -0.4 is 10.6 Å². The van der Waals surface area contributed by atoms with Gasteiger partial charge in [-0.3, -0.25) is 0 Å². The van der Waals surface area contributed by atoms with Crippen LogP contribution in [0.5, 0.6) is 0 Å². The Kier molecular flexibility index (Phi) is 5.44. The number of ether oxygens (including phenoxy) is 1. The Labute approximate surface area is 126 Å². The van der Waals surface area contributed by atoms with E-state index < -0.39 is 10.0 Å². The molecule has 0 aliphatic carbocycles. The Morgan fingerprint density at radius 3 is 2.57 bits per heavy atom. The second kappa shape index (κ2) is 7.11. The van der Waals surface area contributed by atoms with Crippen LogP contribution in [-0.2, 0) is 14.8 Å². The number of piperazine rings is 1. The van der Waals surface area contributed by atoms with Crippen molar-refractivity contribution < 1.29 is 13.2 Å². The van der Waals surface area contributed by atoms with E-state index in [-0.39, 0.29) is 12.4 Å². The molecule has 0 atom stereocenters. The summed E-state index contributed by atoms with van der Waals surface area (Å²) in [7, 11) is -3.21. The Morgan fingerprint density at radius 2 is 1.95 bits per heavy atom. The minimum atomic E-state index is -3.21. The lowest BCUT2D eigenvalue weighted by Gasteiger charge is -2.35. The highest BCUT2D eigenvalue weighted by Gasteiger charge is 2.26. The van der Waals surface area contributed by atoms with Crippen molar-refractivity contribution in [3.8, 4) is 0 Å². The molecule has 6 nitrogen and oxygen atoms in total. The van der Waals surface area contributed by atoms with Gasteiger partial charge in [0.1, 0.15) is 0 Å². The average molecular weight is 313 g/mol. The molecule has 0 radical (unpaired) electrons. The number of nitrogens with zero attached hydrogens (tertiary/aromatic N) is 2. The largest absolute Gasteiger partial charge is 0.399 e. The van der Waals surface area contributed by atoms with Crippen LogP contribution in [0.4, 0.5) is 11.4 Å². The van der Waals surface area contributed by atoms with E-state index in [0.717, 1.165) is 11.4 Å². The number of sulfonamides is 1. The fourth-order valence-electron chi connectivity index (χ4n) is 2.38. The molecule has 1 aliphatic heterocycles. The van der Waals surface area contributed by atoms with E-state index >= 15 is 0 Å². The van der Waals surface area contributed by atoms with Gasteiger partial charge in [0, 0.05) is 44.2 Å². The van der Waals surface area contributed by atoms with Crippen molar-refractivity contribution in [2.45, 2.75) is 6.92 Å². The van der Waals surface area contributed by atoms with Gasteiger partial charge in [-0.05, 0) is 25.1 Å². The third-order valence-electron chi connectivity index (χ3n) is 3.56. The maximum Gasteiger partial charge on any atom is 0.216 e. The third-order valence-corrected chi connectivity index (χ3v) is 5.39. The van der Waals surface area contributed by atoms with Gasteiger partial charge in [-0.2, -0.15) is 4.31 Å². The molecular weight excluding hydrogens is 290 g/mol. The molecule has 1 aromatic carbocycles. The Balaban J connectivity index is 1.91. The molecule has 0 aromatic heterocycles. The van der Waals surface area contributed by atoms with Gasteiger partial charge >= 0.3 is 0 Å². The molecule has 21 heavy (non-hydrogen) atoms. The van der Waals surface area contributed by atoms with Crippen molar-refractivity contribution in [2.24, 2.45) is 0 Å². The Bertz CT molecular complexity index is 554. The maximum atomic E-state index is 12.2. The smallest absolute Gasteiger partial charge is 0.216 e. The molecule has 0 spiro atoms. The number of hydrogen-bond acceptors (Lipinski definition) is 5. The van der Waals surface area contributed by atoms with E-state index in [4.69, 9.17) is 10.5 Å². The van der Waals surface area contributed by atoms with Gasteiger partial charge in [-0.25, -0.2) is 8.42 Å². The number of nitrogens with two attached hydrogens (primary N) is 1. The molecule has 0 bridgehead atoms. The molecule has 1 aromatic rings. The lowest BCUT2D eigenvalue weighted by Crippen LogP contribution is -2.49. The van der Waals surface area contributed by atoms with Crippen molar-refractivity contribution >= 4 is 21.4 Å². The molecule has 1 saturated heterocycles. The topological polar surface area (TPSA) is 75.9 Å². The second-order valence-corrected chi connectivity index (χ2v) is 7.08. The SMILES string of the molecule is CCOCCS(=O)(=O)N1CCN(c2cccc(N)c2)CC1. The van der Waals surface area contributed by atoms with Gasteiger partial charge < -0.3 is 15.4 Å². The highest BCUT2D eigenvalue weighted by molar-refractivity contribution is 7.89. The first-order chi connectivity index (χ1) is 10.0. The number of benzene rings is 1. The first kappa shape index (κ1) is 16.1. The predicted molar refractivity (Wildman–Crippen MR) is 84.9 cm³/mol. The van der Waals surface area contributed by atoms with Gasteiger partial charge in [0.05, 0.1) is 12.4 Å². The van der Waals surface area contributed by atoms with Crippen molar-refractivity contribution in [1.29, 1.82) is 0 Å². The Hall–Kier alpha value is -1.31. The van der Waals surface area contributed by atoms with E-state index in [1.54, 1.807) is 4.31 Å². The van der Waals surface area contributed by atoms with Crippen molar-refractivity contribution in [1.82, 2.24) is 4.31 Å². The third kappa shape index (κ3) is 4.33. The second-order valence-electron chi connectivity index (χ2n) is 4.99. The van der Waals surface area contributed by atoms with E-state index in [1.165, 1.54) is 0 Å². The fourth-order valence-corrected chi connectivity index (χ4v) is 3.69. The van der Waals surface area contributed by atoms with E-state index in [9.17, 15) is 8.42 Å². The lowest BCUT2D eigenvalue weighted by atomic mass is 10.2. The van der Waals surface area contributed by atoms with E-state index in [0.29, 0.717) is 32.8 Å². The van der Waals surface area contributed by atoms with Crippen molar-refractivity contribution in [2.75, 3.05) is 55.8 Å². The molecule has 1 heterocycles. The Morgan fingerprint density at radius 1 is 1.24 bits per heavy atom. The minimum Gasteiger partial charge on any atom is -0.399 e. The van der Waals surface area contributed by atoms with Crippen molar-refractivity contribution in [3.05, 3.63) is 24.3 Å². The summed E-state index contributed by atoms with van der Waals surface area (Å²) < 4.78 is 31.0. The quantitative estimate of drug-likeness (QED) is 0.620. The highest BCUT2D eigenvalue weighted by atomic mass is 32.2. The number of hydrogen-bond donors (Lipinski definition) is 1. The van der Waals surface area contributed by atoms with Crippen LogP contribution in [0.3, 0.4) is 0 Å². The van der Waals surface area contributed by atoms with Crippen LogP contribution in [0.1, 0.15) is 6.92 Å². The molecule has 0 unspecified atom stereocenters. The molecule has 2 N–H and O–H groups in total. The zero-order valence-corrected chi connectivity index (χ0v) is 13.2. The number of anilines is 2. The summed E-state index contributed by atoms with van der Waals surface area (Å²) in [6.07, 6.45) is 0. The lowest BCUT2D eigenvalue weighted by molar-refractivity contribution is 0.162. The monoisotopic (exact) mass is 313 g/mol. The van der Waals surface area contributed by atoms with Crippen LogP contribution in [0.25, 0.3) is 0 Å². The summed E-state index contributed by atoms with van der Waals surface area (Å²) in [4.78, 5) is 2.16.